The van der Waals surface area contributed by atoms with Gasteiger partial charge in [0.25, 0.3) is 0 Å². The predicted octanol–water partition coefficient (Wildman–Crippen LogP) is 2.32. The van der Waals surface area contributed by atoms with E-state index < -0.39 is 0 Å². The molecule has 0 aliphatic heterocycles. The van der Waals surface area contributed by atoms with Gasteiger partial charge in [-0.2, -0.15) is 0 Å². The fraction of sp³-hybridized carbons (Fsp3) is 0.231. The second kappa shape index (κ2) is 4.31. The molecule has 0 saturated heterocycles. The van der Waals surface area contributed by atoms with Gasteiger partial charge < -0.3 is 4.90 Å². The Morgan fingerprint density at radius 3 is 2.88 bits per heavy atom. The highest BCUT2D eigenvalue weighted by atomic mass is 15.1. The van der Waals surface area contributed by atoms with Crippen molar-refractivity contribution in [2.75, 3.05) is 14.1 Å². The highest BCUT2D eigenvalue weighted by molar-refractivity contribution is 5.90. The van der Waals surface area contributed by atoms with Gasteiger partial charge in [0.05, 0.1) is 5.84 Å². The van der Waals surface area contributed by atoms with E-state index in [-0.39, 0.29) is 0 Å². The van der Waals surface area contributed by atoms with Gasteiger partial charge in [0.15, 0.2) is 0 Å². The fourth-order valence-electron chi connectivity index (χ4n) is 1.68. The molecule has 2 aromatic rings. The van der Waals surface area contributed by atoms with Crippen LogP contribution in [0.3, 0.4) is 0 Å². The van der Waals surface area contributed by atoms with Crippen molar-refractivity contribution in [3.63, 3.8) is 0 Å². The van der Waals surface area contributed by atoms with Gasteiger partial charge in [-0.05, 0) is 17.0 Å². The number of nitrogens with zero attached hydrogens (tertiary/aromatic N) is 2. The van der Waals surface area contributed by atoms with E-state index in [1.165, 1.54) is 10.9 Å². The van der Waals surface area contributed by atoms with Crippen LogP contribution >= 0.6 is 0 Å². The predicted molar refractivity (Wildman–Crippen MR) is 66.9 cm³/mol. The molecule has 1 heterocycles. The molecular weight excluding hydrogens is 198 g/mol. The zero-order valence-electron chi connectivity index (χ0n) is 9.57. The number of hydrogen-bond donors (Lipinski definition) is 1. The molecule has 0 amide bonds. The molecule has 3 heteroatoms. The summed E-state index contributed by atoms with van der Waals surface area (Å²) in [5, 5.41) is 10.2. The molecule has 1 aromatic heterocycles. The number of amidine groups is 1. The first-order chi connectivity index (χ1) is 7.68. The second-order valence-corrected chi connectivity index (χ2v) is 4.03. The number of nitrogens with one attached hydrogen (secondary N) is 1. The number of hydrogen-bond acceptors (Lipinski definition) is 2. The van der Waals surface area contributed by atoms with Crippen LogP contribution in [0, 0.1) is 5.41 Å². The van der Waals surface area contributed by atoms with Crippen molar-refractivity contribution in [2.24, 2.45) is 0 Å². The van der Waals surface area contributed by atoms with Gasteiger partial charge in [0.2, 0.25) is 0 Å². The molecule has 1 aromatic carbocycles. The Balaban J connectivity index is 2.41. The van der Waals surface area contributed by atoms with Crippen LogP contribution in [0.1, 0.15) is 5.56 Å². The summed E-state index contributed by atoms with van der Waals surface area (Å²) in [6, 6.07) is 8.14. The van der Waals surface area contributed by atoms with E-state index in [4.69, 9.17) is 5.41 Å². The summed E-state index contributed by atoms with van der Waals surface area (Å²) in [4.78, 5) is 5.94. The molecule has 0 saturated carbocycles. The maximum Gasteiger partial charge on any atom is 0.0997 e. The van der Waals surface area contributed by atoms with Crippen LogP contribution in [0.4, 0.5) is 0 Å². The molecule has 0 spiro atoms. The Morgan fingerprint density at radius 1 is 1.31 bits per heavy atom. The number of benzene rings is 1. The smallest absolute Gasteiger partial charge is 0.0997 e. The molecule has 0 radical (unpaired) electrons. The van der Waals surface area contributed by atoms with Gasteiger partial charge in [-0.15, -0.1) is 0 Å². The third-order valence-corrected chi connectivity index (χ3v) is 2.67. The fourth-order valence-corrected chi connectivity index (χ4v) is 1.68. The molecule has 0 unspecified atom stereocenters. The zero-order chi connectivity index (χ0) is 11.5. The largest absolute Gasteiger partial charge is 0.366 e. The summed E-state index contributed by atoms with van der Waals surface area (Å²) in [6.07, 6.45) is 4.32. The first kappa shape index (κ1) is 10.6. The summed E-state index contributed by atoms with van der Waals surface area (Å²) >= 11 is 0. The lowest BCUT2D eigenvalue weighted by molar-refractivity contribution is 0.605. The Kier molecular flexibility index (Phi) is 2.86. The molecule has 0 atom stereocenters. The van der Waals surface area contributed by atoms with Crippen molar-refractivity contribution in [1.29, 1.82) is 5.41 Å². The topological polar surface area (TPSA) is 40.0 Å². The number of aromatic nitrogens is 1. The lowest BCUT2D eigenvalue weighted by atomic mass is 10.0. The highest BCUT2D eigenvalue weighted by Crippen LogP contribution is 2.18. The lowest BCUT2D eigenvalue weighted by Gasteiger charge is -2.14. The Labute approximate surface area is 95.2 Å². The molecule has 82 valence electrons. The van der Waals surface area contributed by atoms with E-state index in [0.717, 1.165) is 5.39 Å². The first-order valence-electron chi connectivity index (χ1n) is 5.25. The van der Waals surface area contributed by atoms with Gasteiger partial charge in [-0.3, -0.25) is 10.4 Å². The average Bonchev–Trinajstić information content (AvgIpc) is 2.29. The zero-order valence-corrected chi connectivity index (χ0v) is 9.57. The Bertz CT molecular complexity index is 512. The minimum Gasteiger partial charge on any atom is -0.366 e. The number of fused-ring (bicyclic) bond motifs is 1. The molecule has 0 fully saturated rings. The van der Waals surface area contributed by atoms with Crippen molar-refractivity contribution >= 4 is 16.6 Å². The molecule has 0 aliphatic rings. The summed E-state index contributed by atoms with van der Waals surface area (Å²) in [5.41, 5.74) is 1.18. The maximum atomic E-state index is 7.87. The molecule has 2 rings (SSSR count). The van der Waals surface area contributed by atoms with E-state index in [1.54, 1.807) is 6.20 Å². The number of likely N-dealkylation sites (N-methyl/N-ethyl adjacent to an activating group) is 1. The van der Waals surface area contributed by atoms with Gasteiger partial charge in [-0.1, -0.05) is 18.2 Å². The van der Waals surface area contributed by atoms with Crippen molar-refractivity contribution in [1.82, 2.24) is 9.88 Å². The van der Waals surface area contributed by atoms with E-state index in [2.05, 4.69) is 11.1 Å². The van der Waals surface area contributed by atoms with Crippen molar-refractivity contribution < 1.29 is 0 Å². The summed E-state index contributed by atoms with van der Waals surface area (Å²) in [7, 11) is 3.80. The van der Waals surface area contributed by atoms with Crippen LogP contribution in [-0.4, -0.2) is 29.8 Å². The maximum absolute atomic E-state index is 7.87. The van der Waals surface area contributed by atoms with Crippen LogP contribution in [0.5, 0.6) is 0 Å². The molecule has 0 bridgehead atoms. The van der Waals surface area contributed by atoms with E-state index in [0.29, 0.717) is 12.3 Å². The summed E-state index contributed by atoms with van der Waals surface area (Å²) in [6.45, 7) is 0. The lowest BCUT2D eigenvalue weighted by Crippen LogP contribution is -2.22. The van der Waals surface area contributed by atoms with Gasteiger partial charge >= 0.3 is 0 Å². The second-order valence-electron chi connectivity index (χ2n) is 4.03. The molecule has 16 heavy (non-hydrogen) atoms. The first-order valence-corrected chi connectivity index (χ1v) is 5.25. The monoisotopic (exact) mass is 213 g/mol. The summed E-state index contributed by atoms with van der Waals surface area (Å²) in [5.74, 6) is 0.615. The van der Waals surface area contributed by atoms with Crippen molar-refractivity contribution in [3.05, 3.63) is 42.2 Å². The third kappa shape index (κ3) is 2.03. The third-order valence-electron chi connectivity index (χ3n) is 2.67. The average molecular weight is 213 g/mol. The van der Waals surface area contributed by atoms with Gasteiger partial charge in [-0.25, -0.2) is 0 Å². The molecular formula is C13H15N3. The van der Waals surface area contributed by atoms with Crippen LogP contribution in [0.25, 0.3) is 10.8 Å². The van der Waals surface area contributed by atoms with Gasteiger partial charge in [0, 0.05) is 38.3 Å². The number of pyridine rings is 1. The molecule has 3 nitrogen and oxygen atoms in total. The van der Waals surface area contributed by atoms with Crippen LogP contribution in [0.15, 0.2) is 36.7 Å². The SMILES string of the molecule is CN(C)C(=N)Cc1cccc2cnccc12. The van der Waals surface area contributed by atoms with Crippen LogP contribution in [-0.2, 0) is 6.42 Å². The molecule has 1 N–H and O–H groups in total. The Hall–Kier alpha value is -1.90. The van der Waals surface area contributed by atoms with Gasteiger partial charge in [0.1, 0.15) is 0 Å². The van der Waals surface area contributed by atoms with E-state index >= 15 is 0 Å². The Morgan fingerprint density at radius 2 is 2.12 bits per heavy atom. The van der Waals surface area contributed by atoms with Crippen LogP contribution < -0.4 is 0 Å². The minimum absolute atomic E-state index is 0.615. The standard InChI is InChI=1S/C13H15N3/c1-16(2)13(14)8-10-4-3-5-11-9-15-7-6-12(10)11/h3-7,9,14H,8H2,1-2H3. The van der Waals surface area contributed by atoms with E-state index in [9.17, 15) is 0 Å². The van der Waals surface area contributed by atoms with Crippen molar-refractivity contribution in [2.45, 2.75) is 6.42 Å². The number of rotatable bonds is 2. The normalized spacial score (nSPS) is 10.4. The van der Waals surface area contributed by atoms with Crippen LogP contribution in [0.2, 0.25) is 0 Å². The minimum atomic E-state index is 0.615. The highest BCUT2D eigenvalue weighted by Gasteiger charge is 2.05. The summed E-state index contributed by atoms with van der Waals surface area (Å²) < 4.78 is 0. The molecule has 0 aliphatic carbocycles. The van der Waals surface area contributed by atoms with E-state index in [1.807, 2.05) is 43.4 Å². The quantitative estimate of drug-likeness (QED) is 0.614. The van der Waals surface area contributed by atoms with Crippen molar-refractivity contribution in [3.8, 4) is 0 Å².